The third kappa shape index (κ3) is 4.46. The zero-order chi connectivity index (χ0) is 20.4. The lowest BCUT2D eigenvalue weighted by Gasteiger charge is -2.21. The molecule has 154 valence electrons. The third-order valence-corrected chi connectivity index (χ3v) is 7.74. The number of fused-ring (bicyclic) bond motifs is 1. The fourth-order valence-electron chi connectivity index (χ4n) is 3.78. The molecule has 0 radical (unpaired) electrons. The maximum Gasteiger partial charge on any atom is 0.263 e. The van der Waals surface area contributed by atoms with Gasteiger partial charge in [0, 0.05) is 17.0 Å². The Bertz CT molecular complexity index is 908. The van der Waals surface area contributed by atoms with Crippen LogP contribution in [0.25, 0.3) is 10.2 Å². The van der Waals surface area contributed by atoms with Gasteiger partial charge in [0.15, 0.2) is 5.16 Å². The van der Waals surface area contributed by atoms with Crippen molar-refractivity contribution in [2.24, 2.45) is 0 Å². The maximum absolute atomic E-state index is 13.1. The second-order valence-electron chi connectivity index (χ2n) is 8.08. The van der Waals surface area contributed by atoms with E-state index in [-0.39, 0.29) is 28.8 Å². The Morgan fingerprint density at radius 3 is 2.43 bits per heavy atom. The average Bonchev–Trinajstić information content (AvgIpc) is 2.78. The molecule has 28 heavy (non-hydrogen) atoms. The first-order chi connectivity index (χ1) is 13.3. The van der Waals surface area contributed by atoms with Crippen LogP contribution in [0.1, 0.15) is 75.8 Å². The van der Waals surface area contributed by atoms with Crippen LogP contribution in [-0.2, 0) is 4.79 Å². The Hall–Kier alpha value is -1.34. The number of aryl methyl sites for hydroxylation is 2. The first kappa shape index (κ1) is 21.4. The van der Waals surface area contributed by atoms with Crippen LogP contribution in [0.15, 0.2) is 9.95 Å². The molecule has 5 nitrogen and oxygen atoms in total. The number of nitrogens with zero attached hydrogens (tertiary/aromatic N) is 2. The lowest BCUT2D eigenvalue weighted by molar-refractivity contribution is -0.121. The molecule has 2 heterocycles. The summed E-state index contributed by atoms with van der Waals surface area (Å²) in [4.78, 5) is 32.6. The fourth-order valence-corrected chi connectivity index (χ4v) is 5.90. The topological polar surface area (TPSA) is 64.0 Å². The van der Waals surface area contributed by atoms with Gasteiger partial charge in [-0.2, -0.15) is 0 Å². The number of rotatable bonds is 5. The van der Waals surface area contributed by atoms with Crippen molar-refractivity contribution >= 4 is 39.2 Å². The number of hydrogen-bond donors (Lipinski definition) is 1. The third-order valence-electron chi connectivity index (χ3n) is 5.57. The minimum atomic E-state index is -0.292. The van der Waals surface area contributed by atoms with Crippen molar-refractivity contribution in [2.75, 3.05) is 0 Å². The van der Waals surface area contributed by atoms with Crippen molar-refractivity contribution in [3.8, 4) is 0 Å². The Balaban J connectivity index is 1.85. The summed E-state index contributed by atoms with van der Waals surface area (Å²) in [6.07, 6.45) is 7.04. The van der Waals surface area contributed by atoms with Gasteiger partial charge in [0.2, 0.25) is 5.91 Å². The molecule has 0 bridgehead atoms. The van der Waals surface area contributed by atoms with Gasteiger partial charge in [-0.15, -0.1) is 11.3 Å². The van der Waals surface area contributed by atoms with Crippen LogP contribution >= 0.6 is 23.1 Å². The molecule has 1 fully saturated rings. The molecule has 2 aromatic rings. The highest BCUT2D eigenvalue weighted by molar-refractivity contribution is 8.00. The number of carbonyl (C=O) groups is 1. The molecule has 0 unspecified atom stereocenters. The summed E-state index contributed by atoms with van der Waals surface area (Å²) >= 11 is 2.95. The second kappa shape index (κ2) is 8.99. The van der Waals surface area contributed by atoms with Gasteiger partial charge in [0.25, 0.3) is 5.56 Å². The monoisotopic (exact) mass is 421 g/mol. The molecule has 1 saturated carbocycles. The standard InChI is InChI=1S/C21H31N3O2S2/c1-12(2)24-20(26)17-13(3)14(4)27-19(17)23-21(24)28-15(5)18(25)22-16-10-8-6-7-9-11-16/h12,15-16H,6-11H2,1-5H3,(H,22,25)/t15-/m1/s1. The van der Waals surface area contributed by atoms with Crippen molar-refractivity contribution in [3.05, 3.63) is 20.8 Å². The molecule has 1 amide bonds. The van der Waals surface area contributed by atoms with Crippen LogP contribution in [0.4, 0.5) is 0 Å². The van der Waals surface area contributed by atoms with E-state index in [0.29, 0.717) is 5.16 Å². The number of hydrogen-bond acceptors (Lipinski definition) is 5. The molecular formula is C21H31N3O2S2. The predicted molar refractivity (Wildman–Crippen MR) is 119 cm³/mol. The molecule has 0 spiro atoms. The van der Waals surface area contributed by atoms with Gasteiger partial charge in [-0.05, 0) is 53.0 Å². The number of amides is 1. The van der Waals surface area contributed by atoms with Crippen LogP contribution < -0.4 is 10.9 Å². The van der Waals surface area contributed by atoms with Crippen LogP contribution in [0.5, 0.6) is 0 Å². The number of carbonyl (C=O) groups excluding carboxylic acids is 1. The summed E-state index contributed by atoms with van der Waals surface area (Å²) in [7, 11) is 0. The van der Waals surface area contributed by atoms with E-state index in [4.69, 9.17) is 4.98 Å². The molecule has 1 aliphatic carbocycles. The van der Waals surface area contributed by atoms with Gasteiger partial charge in [0.1, 0.15) is 4.83 Å². The summed E-state index contributed by atoms with van der Waals surface area (Å²) in [5, 5.41) is 4.28. The first-order valence-electron chi connectivity index (χ1n) is 10.3. The zero-order valence-corrected chi connectivity index (χ0v) is 19.1. The van der Waals surface area contributed by atoms with E-state index in [2.05, 4.69) is 5.32 Å². The minimum absolute atomic E-state index is 0.000672. The highest BCUT2D eigenvalue weighted by Gasteiger charge is 2.24. The van der Waals surface area contributed by atoms with Crippen molar-refractivity contribution < 1.29 is 4.79 Å². The second-order valence-corrected chi connectivity index (χ2v) is 10.6. The highest BCUT2D eigenvalue weighted by Crippen LogP contribution is 2.31. The molecular weight excluding hydrogens is 390 g/mol. The highest BCUT2D eigenvalue weighted by atomic mass is 32.2. The number of thiophene rings is 1. The Morgan fingerprint density at radius 2 is 1.82 bits per heavy atom. The lowest BCUT2D eigenvalue weighted by atomic mass is 10.1. The SMILES string of the molecule is Cc1sc2nc(S[C@H](C)C(=O)NC3CCCCCC3)n(C(C)C)c(=O)c2c1C. The van der Waals surface area contributed by atoms with Crippen molar-refractivity contribution in [2.45, 2.75) is 95.6 Å². The van der Waals surface area contributed by atoms with Gasteiger partial charge in [-0.25, -0.2) is 4.98 Å². The molecule has 0 aromatic carbocycles. The summed E-state index contributed by atoms with van der Waals surface area (Å²) in [5.74, 6) is 0.0418. The average molecular weight is 422 g/mol. The van der Waals surface area contributed by atoms with Crippen LogP contribution in [-0.4, -0.2) is 26.8 Å². The van der Waals surface area contributed by atoms with E-state index in [1.807, 2.05) is 34.6 Å². The fraction of sp³-hybridized carbons (Fsp3) is 0.667. The Labute approximate surface area is 175 Å². The van der Waals surface area contributed by atoms with E-state index in [9.17, 15) is 9.59 Å². The van der Waals surface area contributed by atoms with Gasteiger partial charge < -0.3 is 5.32 Å². The zero-order valence-electron chi connectivity index (χ0n) is 17.5. The lowest BCUT2D eigenvalue weighted by Crippen LogP contribution is -2.39. The number of nitrogens with one attached hydrogen (secondary N) is 1. The molecule has 1 N–H and O–H groups in total. The molecule has 1 aliphatic rings. The summed E-state index contributed by atoms with van der Waals surface area (Å²) < 4.78 is 1.74. The van der Waals surface area contributed by atoms with Crippen molar-refractivity contribution in [1.82, 2.24) is 14.9 Å². The van der Waals surface area contributed by atoms with Crippen LogP contribution in [0.3, 0.4) is 0 Å². The molecule has 0 saturated heterocycles. The van der Waals surface area contributed by atoms with E-state index in [1.54, 1.807) is 15.9 Å². The molecule has 0 aliphatic heterocycles. The molecule has 7 heteroatoms. The van der Waals surface area contributed by atoms with E-state index < -0.39 is 0 Å². The van der Waals surface area contributed by atoms with Gasteiger partial charge in [-0.3, -0.25) is 14.2 Å². The quantitative estimate of drug-likeness (QED) is 0.420. The molecule has 1 atom stereocenters. The van der Waals surface area contributed by atoms with Crippen LogP contribution in [0.2, 0.25) is 0 Å². The Morgan fingerprint density at radius 1 is 1.18 bits per heavy atom. The van der Waals surface area contributed by atoms with Crippen molar-refractivity contribution in [3.63, 3.8) is 0 Å². The van der Waals surface area contributed by atoms with E-state index in [0.717, 1.165) is 33.5 Å². The van der Waals surface area contributed by atoms with Crippen molar-refractivity contribution in [1.29, 1.82) is 0 Å². The number of thioether (sulfide) groups is 1. The van der Waals surface area contributed by atoms with Crippen LogP contribution in [0, 0.1) is 13.8 Å². The normalized spacial score (nSPS) is 17.1. The summed E-state index contributed by atoms with van der Waals surface area (Å²) in [5.41, 5.74) is 1.02. The molecule has 3 rings (SSSR count). The van der Waals surface area contributed by atoms with E-state index >= 15 is 0 Å². The minimum Gasteiger partial charge on any atom is -0.352 e. The van der Waals surface area contributed by atoms with Gasteiger partial charge >= 0.3 is 0 Å². The summed E-state index contributed by atoms with van der Waals surface area (Å²) in [6, 6.07) is 0.270. The van der Waals surface area contributed by atoms with Gasteiger partial charge in [0.05, 0.1) is 10.6 Å². The Kier molecular flexibility index (Phi) is 6.86. The van der Waals surface area contributed by atoms with Gasteiger partial charge in [-0.1, -0.05) is 37.4 Å². The smallest absolute Gasteiger partial charge is 0.263 e. The van der Waals surface area contributed by atoms with E-state index in [1.165, 1.54) is 37.4 Å². The molecule has 2 aromatic heterocycles. The first-order valence-corrected chi connectivity index (χ1v) is 12.0. The largest absolute Gasteiger partial charge is 0.352 e. The maximum atomic E-state index is 13.1. The number of aromatic nitrogens is 2. The summed E-state index contributed by atoms with van der Waals surface area (Å²) in [6.45, 7) is 9.89. The predicted octanol–water partition coefficient (Wildman–Crippen LogP) is 4.98.